The Morgan fingerprint density at radius 2 is 1.76 bits per heavy atom. The van der Waals surface area contributed by atoms with Gasteiger partial charge in [-0.05, 0) is 54.1 Å². The van der Waals surface area contributed by atoms with Gasteiger partial charge >= 0.3 is 6.03 Å². The van der Waals surface area contributed by atoms with Gasteiger partial charge in [0, 0.05) is 24.0 Å². The standard InChI is InChI=1S/C21H16Cl2N4O5S2/c1-24-12-2-4-14-11(8-12)9-18(28)27(20(14)29)16-5-3-13(10-15(16)22)25-21(30)26-34(31,32)19-7-6-17(23)33-19/h2-8,10,24H,9H2,1H3,(H2,25,26,30). The zero-order valence-electron chi connectivity index (χ0n) is 17.4. The Labute approximate surface area is 208 Å². The van der Waals surface area contributed by atoms with Crippen LogP contribution < -0.4 is 20.3 Å². The van der Waals surface area contributed by atoms with Crippen molar-refractivity contribution in [2.45, 2.75) is 10.6 Å². The van der Waals surface area contributed by atoms with Crippen LogP contribution in [0.1, 0.15) is 15.9 Å². The number of hydrogen-bond acceptors (Lipinski definition) is 7. The lowest BCUT2D eigenvalue weighted by atomic mass is 9.97. The van der Waals surface area contributed by atoms with Gasteiger partial charge in [-0.1, -0.05) is 23.2 Å². The van der Waals surface area contributed by atoms with Gasteiger partial charge in [-0.2, -0.15) is 0 Å². The second kappa shape index (κ2) is 9.26. The van der Waals surface area contributed by atoms with E-state index in [2.05, 4.69) is 10.6 Å². The van der Waals surface area contributed by atoms with Crippen molar-refractivity contribution in [3.8, 4) is 0 Å². The average Bonchev–Trinajstić information content (AvgIpc) is 3.21. The van der Waals surface area contributed by atoms with Gasteiger partial charge < -0.3 is 10.6 Å². The van der Waals surface area contributed by atoms with E-state index < -0.39 is 27.9 Å². The molecule has 2 aromatic carbocycles. The van der Waals surface area contributed by atoms with Gasteiger partial charge in [0.15, 0.2) is 0 Å². The van der Waals surface area contributed by atoms with Gasteiger partial charge in [-0.25, -0.2) is 22.8 Å². The van der Waals surface area contributed by atoms with Crippen LogP contribution >= 0.6 is 34.5 Å². The maximum atomic E-state index is 13.0. The third kappa shape index (κ3) is 4.73. The highest BCUT2D eigenvalue weighted by Crippen LogP contribution is 2.34. The van der Waals surface area contributed by atoms with E-state index in [1.54, 1.807) is 25.2 Å². The van der Waals surface area contributed by atoms with Gasteiger partial charge in [-0.15, -0.1) is 11.3 Å². The van der Waals surface area contributed by atoms with Gasteiger partial charge in [0.2, 0.25) is 5.91 Å². The molecule has 1 aliphatic rings. The molecule has 3 N–H and O–H groups in total. The fourth-order valence-corrected chi connectivity index (χ4v) is 6.02. The van der Waals surface area contributed by atoms with Crippen molar-refractivity contribution in [3.05, 3.63) is 69.0 Å². The van der Waals surface area contributed by atoms with Crippen LogP contribution in [0.15, 0.2) is 52.7 Å². The minimum absolute atomic E-state index is 0.0138. The predicted octanol–water partition coefficient (Wildman–Crippen LogP) is 4.34. The molecule has 0 aliphatic carbocycles. The van der Waals surface area contributed by atoms with Gasteiger partial charge in [0.05, 0.1) is 21.5 Å². The zero-order chi connectivity index (χ0) is 24.6. The molecule has 0 atom stereocenters. The molecule has 0 saturated carbocycles. The molecule has 3 aromatic rings. The molecule has 13 heteroatoms. The minimum atomic E-state index is -4.11. The summed E-state index contributed by atoms with van der Waals surface area (Å²) in [7, 11) is -2.37. The minimum Gasteiger partial charge on any atom is -0.388 e. The van der Waals surface area contributed by atoms with Crippen LogP contribution in [0.2, 0.25) is 9.36 Å². The number of urea groups is 1. The van der Waals surface area contributed by atoms with E-state index >= 15 is 0 Å². The lowest BCUT2D eigenvalue weighted by Gasteiger charge is -2.28. The predicted molar refractivity (Wildman–Crippen MR) is 132 cm³/mol. The Morgan fingerprint density at radius 3 is 2.41 bits per heavy atom. The number of thiophene rings is 1. The summed E-state index contributed by atoms with van der Waals surface area (Å²) >= 11 is 12.9. The van der Waals surface area contributed by atoms with Crippen LogP contribution in [0.4, 0.5) is 21.9 Å². The molecule has 0 spiro atoms. The first-order valence-corrected chi connectivity index (χ1v) is 12.7. The number of carbonyl (C=O) groups is 3. The van der Waals surface area contributed by atoms with Gasteiger partial charge in [0.1, 0.15) is 4.21 Å². The number of fused-ring (bicyclic) bond motifs is 1. The van der Waals surface area contributed by atoms with E-state index in [1.165, 1.54) is 30.3 Å². The molecule has 1 aliphatic heterocycles. The Balaban J connectivity index is 1.52. The Bertz CT molecular complexity index is 1440. The second-order valence-electron chi connectivity index (χ2n) is 7.12. The smallest absolute Gasteiger partial charge is 0.333 e. The molecule has 9 nitrogen and oxygen atoms in total. The first-order valence-electron chi connectivity index (χ1n) is 9.65. The van der Waals surface area contributed by atoms with Gasteiger partial charge in [-0.3, -0.25) is 9.59 Å². The van der Waals surface area contributed by atoms with E-state index in [0.29, 0.717) is 11.1 Å². The van der Waals surface area contributed by atoms with E-state index in [4.69, 9.17) is 23.2 Å². The largest absolute Gasteiger partial charge is 0.388 e. The number of hydrogen-bond donors (Lipinski definition) is 3. The monoisotopic (exact) mass is 538 g/mol. The maximum absolute atomic E-state index is 13.0. The first kappa shape index (κ1) is 24.0. The van der Waals surface area contributed by atoms with E-state index in [0.717, 1.165) is 21.9 Å². The van der Waals surface area contributed by atoms with E-state index in [9.17, 15) is 22.8 Å². The first-order chi connectivity index (χ1) is 16.1. The number of nitrogens with zero attached hydrogens (tertiary/aromatic N) is 1. The molecule has 1 aromatic heterocycles. The van der Waals surface area contributed by atoms with Crippen molar-refractivity contribution >= 4 is 79.5 Å². The fourth-order valence-electron chi connectivity index (χ4n) is 3.36. The summed E-state index contributed by atoms with van der Waals surface area (Å²) in [5.74, 6) is -0.971. The molecular formula is C21H16Cl2N4O5S2. The van der Waals surface area contributed by atoms with Crippen LogP contribution in [-0.4, -0.2) is 33.3 Å². The molecule has 0 radical (unpaired) electrons. The average molecular weight is 539 g/mol. The summed E-state index contributed by atoms with van der Waals surface area (Å²) < 4.78 is 26.5. The van der Waals surface area contributed by atoms with Crippen LogP contribution in [0.25, 0.3) is 0 Å². The van der Waals surface area contributed by atoms with E-state index in [1.807, 2.05) is 4.72 Å². The van der Waals surface area contributed by atoms with Crippen LogP contribution in [0, 0.1) is 0 Å². The fraction of sp³-hybridized carbons (Fsp3) is 0.0952. The van der Waals surface area contributed by atoms with Crippen molar-refractivity contribution in [1.82, 2.24) is 4.72 Å². The summed E-state index contributed by atoms with van der Waals surface area (Å²) in [6, 6.07) is 10.9. The Kier molecular flexibility index (Phi) is 6.54. The summed E-state index contributed by atoms with van der Waals surface area (Å²) in [5.41, 5.74) is 2.07. The number of amides is 4. The van der Waals surface area contributed by atoms with Crippen molar-refractivity contribution in [1.29, 1.82) is 0 Å². The number of imide groups is 1. The van der Waals surface area contributed by atoms with Crippen LogP contribution in [0.5, 0.6) is 0 Å². The second-order valence-corrected chi connectivity index (χ2v) is 11.1. The summed E-state index contributed by atoms with van der Waals surface area (Å²) in [6.07, 6.45) is 0.0138. The number of nitrogens with one attached hydrogen (secondary N) is 3. The molecule has 4 rings (SSSR count). The molecule has 2 heterocycles. The molecule has 0 fully saturated rings. The molecular weight excluding hydrogens is 523 g/mol. The third-order valence-electron chi connectivity index (χ3n) is 4.91. The normalized spacial score (nSPS) is 13.4. The zero-order valence-corrected chi connectivity index (χ0v) is 20.5. The molecule has 0 unspecified atom stereocenters. The van der Waals surface area contributed by atoms with Crippen molar-refractivity contribution in [2.24, 2.45) is 0 Å². The number of benzene rings is 2. The number of halogens is 2. The highest BCUT2D eigenvalue weighted by molar-refractivity contribution is 7.92. The lowest BCUT2D eigenvalue weighted by molar-refractivity contribution is -0.117. The van der Waals surface area contributed by atoms with Gasteiger partial charge in [0.25, 0.3) is 15.9 Å². The van der Waals surface area contributed by atoms with Crippen molar-refractivity contribution in [2.75, 3.05) is 22.6 Å². The molecule has 34 heavy (non-hydrogen) atoms. The third-order valence-corrected chi connectivity index (χ3v) is 8.26. The van der Waals surface area contributed by atoms with E-state index in [-0.39, 0.29) is 31.4 Å². The topological polar surface area (TPSA) is 125 Å². The summed E-state index contributed by atoms with van der Waals surface area (Å²) in [4.78, 5) is 38.9. The van der Waals surface area contributed by atoms with Crippen molar-refractivity contribution in [3.63, 3.8) is 0 Å². The number of sulfonamides is 1. The summed E-state index contributed by atoms with van der Waals surface area (Å²) in [5, 5.41) is 5.34. The molecule has 0 bridgehead atoms. The Hall–Kier alpha value is -3.12. The van der Waals surface area contributed by atoms with Crippen LogP contribution in [0.3, 0.4) is 0 Å². The number of anilines is 3. The highest BCUT2D eigenvalue weighted by atomic mass is 35.5. The SMILES string of the molecule is CNc1ccc2c(c1)CC(=O)N(c1ccc(NC(=O)NS(=O)(=O)c3ccc(Cl)s3)cc1Cl)C2=O. The lowest BCUT2D eigenvalue weighted by Crippen LogP contribution is -2.42. The quantitative estimate of drug-likeness (QED) is 0.415. The number of rotatable bonds is 5. The molecule has 176 valence electrons. The Morgan fingerprint density at radius 1 is 1.03 bits per heavy atom. The molecule has 0 saturated heterocycles. The molecule has 4 amide bonds. The highest BCUT2D eigenvalue weighted by Gasteiger charge is 2.33. The maximum Gasteiger partial charge on any atom is 0.333 e. The van der Waals surface area contributed by atoms with Crippen LogP contribution in [-0.2, 0) is 21.2 Å². The van der Waals surface area contributed by atoms with Crippen molar-refractivity contribution < 1.29 is 22.8 Å². The number of carbonyl (C=O) groups excluding carboxylic acids is 3. The summed E-state index contributed by atoms with van der Waals surface area (Å²) in [6.45, 7) is 0.